The quantitative estimate of drug-likeness (QED) is 0.112. The van der Waals surface area contributed by atoms with Crippen molar-refractivity contribution in [3.63, 3.8) is 0 Å². The van der Waals surface area contributed by atoms with Crippen LogP contribution in [0.4, 0.5) is 0 Å². The number of fused-ring (bicyclic) bond motifs is 1. The molecule has 0 spiro atoms. The predicted molar refractivity (Wildman–Crippen MR) is 333 cm³/mol. The van der Waals surface area contributed by atoms with Gasteiger partial charge in [-0.2, -0.15) is 0 Å². The van der Waals surface area contributed by atoms with E-state index < -0.39 is 0 Å². The summed E-state index contributed by atoms with van der Waals surface area (Å²) in [4.78, 5) is 0. The van der Waals surface area contributed by atoms with Gasteiger partial charge in [-0.25, -0.2) is 0 Å². The van der Waals surface area contributed by atoms with E-state index in [2.05, 4.69) is 258 Å². The zero-order valence-electron chi connectivity index (χ0n) is 50.0. The van der Waals surface area contributed by atoms with E-state index in [9.17, 15) is 0 Å². The average Bonchev–Trinajstić information content (AvgIpc) is 3.41. The Morgan fingerprint density at radius 3 is 0.880 bits per heavy atom. The first-order chi connectivity index (χ1) is 35.8. The standard InChI is InChI=1S/C20H26.C16H18O.C14H16.2C12H18/c1-7-19-13(3)9-17(10-14(19)4)18-11-15(5)20(8-2)16(6)12-18;1-3-13-5-9-15(10-6-13)17-16-11-7-14(4-2)8-12-16;1-3-11-5-7-13-8-6-12(4-2)10-14(13)9-11;1-9(2)11-5-7-12(8-6-11)10(3)4;1-9(2)11-6-5-7-12(8-11)10(3)4/h9-12H,7-8H2,1-6H3;5-12H,3-4H2,1-2H3;5-10H,3-4H2,1-2H3;2*5-10H,1-4H3. The lowest BCUT2D eigenvalue weighted by Crippen LogP contribution is -1.96. The minimum absolute atomic E-state index is 0.642. The van der Waals surface area contributed by atoms with Crippen LogP contribution >= 0.6 is 0 Å². The Morgan fingerprint density at radius 2 is 0.600 bits per heavy atom. The maximum Gasteiger partial charge on any atom is 0.127 e. The molecule has 0 radical (unpaired) electrons. The second-order valence-electron chi connectivity index (χ2n) is 21.7. The van der Waals surface area contributed by atoms with Crippen LogP contribution in [0, 0.1) is 27.7 Å². The first-order valence-corrected chi connectivity index (χ1v) is 28.6. The van der Waals surface area contributed by atoms with Crippen molar-refractivity contribution < 1.29 is 4.74 Å². The van der Waals surface area contributed by atoms with E-state index in [4.69, 9.17) is 4.74 Å². The van der Waals surface area contributed by atoms with Crippen LogP contribution in [0.25, 0.3) is 21.9 Å². The van der Waals surface area contributed by atoms with Gasteiger partial charge in [0, 0.05) is 0 Å². The highest BCUT2D eigenvalue weighted by Gasteiger charge is 2.09. The molecule has 0 heterocycles. The molecule has 1 heteroatoms. The lowest BCUT2D eigenvalue weighted by molar-refractivity contribution is 0.482. The minimum atomic E-state index is 0.642. The Balaban J connectivity index is 0.000000206. The minimum Gasteiger partial charge on any atom is -0.457 e. The summed E-state index contributed by atoms with van der Waals surface area (Å²) in [5, 5.41) is 2.73. The fourth-order valence-electron chi connectivity index (χ4n) is 9.49. The lowest BCUT2D eigenvalue weighted by Gasteiger charge is -2.14. The Kier molecular flexibility index (Phi) is 25.4. The molecule has 0 fully saturated rings. The highest BCUT2D eigenvalue weighted by atomic mass is 16.5. The van der Waals surface area contributed by atoms with Crippen molar-refractivity contribution in [2.75, 3.05) is 0 Å². The van der Waals surface area contributed by atoms with Crippen molar-refractivity contribution in [3.8, 4) is 22.6 Å². The molecule has 0 amide bonds. The summed E-state index contributed by atoms with van der Waals surface area (Å²) >= 11 is 0. The zero-order chi connectivity index (χ0) is 55.2. The van der Waals surface area contributed by atoms with Gasteiger partial charge in [0.05, 0.1) is 0 Å². The van der Waals surface area contributed by atoms with Crippen LogP contribution in [-0.4, -0.2) is 0 Å². The summed E-state index contributed by atoms with van der Waals surface area (Å²) in [6.07, 6.45) is 6.59. The predicted octanol–water partition coefficient (Wildman–Crippen LogP) is 22.1. The molecule has 0 aliphatic carbocycles. The number of benzene rings is 8. The molecule has 0 atom stereocenters. The van der Waals surface area contributed by atoms with Crippen molar-refractivity contribution in [3.05, 3.63) is 236 Å². The molecule has 0 aliphatic rings. The van der Waals surface area contributed by atoms with Crippen molar-refractivity contribution in [1.29, 1.82) is 0 Å². The second kappa shape index (κ2) is 31.0. The van der Waals surface area contributed by atoms with Crippen molar-refractivity contribution in [2.24, 2.45) is 0 Å². The molecule has 0 bridgehead atoms. The van der Waals surface area contributed by atoms with Crippen LogP contribution in [0.15, 0.2) is 158 Å². The van der Waals surface area contributed by atoms with E-state index in [0.717, 1.165) is 50.0 Å². The van der Waals surface area contributed by atoms with Gasteiger partial charge >= 0.3 is 0 Å². The summed E-state index contributed by atoms with van der Waals surface area (Å²) in [6.45, 7) is 39.9. The number of ether oxygens (including phenoxy) is 1. The molecule has 398 valence electrons. The van der Waals surface area contributed by atoms with Crippen LogP contribution in [-0.2, 0) is 38.5 Å². The lowest BCUT2D eigenvalue weighted by atomic mass is 9.91. The third kappa shape index (κ3) is 19.2. The highest BCUT2D eigenvalue weighted by Crippen LogP contribution is 2.30. The van der Waals surface area contributed by atoms with Gasteiger partial charge in [-0.1, -0.05) is 230 Å². The third-order valence-electron chi connectivity index (χ3n) is 14.6. The van der Waals surface area contributed by atoms with Crippen LogP contribution in [0.2, 0.25) is 0 Å². The summed E-state index contributed by atoms with van der Waals surface area (Å²) < 4.78 is 5.78. The molecule has 0 aliphatic heterocycles. The topological polar surface area (TPSA) is 9.23 Å². The van der Waals surface area contributed by atoms with E-state index in [0.29, 0.717) is 23.7 Å². The first kappa shape index (κ1) is 61.4. The second-order valence-corrected chi connectivity index (χ2v) is 21.7. The van der Waals surface area contributed by atoms with E-state index in [1.165, 1.54) is 99.8 Å². The van der Waals surface area contributed by atoms with E-state index in [1.54, 1.807) is 0 Å². The molecule has 0 saturated carbocycles. The number of hydrogen-bond acceptors (Lipinski definition) is 1. The fourth-order valence-corrected chi connectivity index (χ4v) is 9.49. The van der Waals surface area contributed by atoms with E-state index >= 15 is 0 Å². The summed E-state index contributed by atoms with van der Waals surface area (Å²) in [5.74, 6) is 4.36. The van der Waals surface area contributed by atoms with Gasteiger partial charge in [0.2, 0.25) is 0 Å². The van der Waals surface area contributed by atoms with Gasteiger partial charge in [0.1, 0.15) is 11.5 Å². The first-order valence-electron chi connectivity index (χ1n) is 28.6. The van der Waals surface area contributed by atoms with Gasteiger partial charge in [-0.15, -0.1) is 0 Å². The van der Waals surface area contributed by atoms with Crippen LogP contribution < -0.4 is 4.74 Å². The zero-order valence-corrected chi connectivity index (χ0v) is 50.0. The Labute approximate surface area is 458 Å². The van der Waals surface area contributed by atoms with E-state index in [1.807, 2.05) is 24.3 Å². The molecule has 1 nitrogen and oxygen atoms in total. The van der Waals surface area contributed by atoms with Crippen LogP contribution in [0.5, 0.6) is 11.5 Å². The average molecular weight is 1000 g/mol. The molecule has 0 saturated heterocycles. The molecular weight excluding hydrogens is 905 g/mol. The van der Waals surface area contributed by atoms with Crippen molar-refractivity contribution in [2.45, 2.75) is 187 Å². The molecule has 0 aromatic heterocycles. The van der Waals surface area contributed by atoms with Crippen LogP contribution in [0.1, 0.15) is 198 Å². The number of aryl methyl sites for hydroxylation is 8. The monoisotopic (exact) mass is 1000 g/mol. The normalized spacial score (nSPS) is 10.8. The van der Waals surface area contributed by atoms with Gasteiger partial charge in [0.25, 0.3) is 0 Å². The summed E-state index contributed by atoms with van der Waals surface area (Å²) in [7, 11) is 0. The van der Waals surface area contributed by atoms with Crippen molar-refractivity contribution >= 4 is 10.8 Å². The van der Waals surface area contributed by atoms with Gasteiger partial charge in [0.15, 0.2) is 0 Å². The molecule has 0 N–H and O–H groups in total. The van der Waals surface area contributed by atoms with Gasteiger partial charge < -0.3 is 4.74 Å². The number of hydrogen-bond donors (Lipinski definition) is 0. The Hall–Kier alpha value is -6.18. The molecule has 0 unspecified atom stereocenters. The summed E-state index contributed by atoms with van der Waals surface area (Å²) in [6, 6.07) is 57.2. The van der Waals surface area contributed by atoms with E-state index in [-0.39, 0.29) is 0 Å². The fraction of sp³-hybridized carbons (Fsp3) is 0.378. The molecular formula is C74H96O. The van der Waals surface area contributed by atoms with Gasteiger partial charge in [-0.05, 0) is 214 Å². The van der Waals surface area contributed by atoms with Gasteiger partial charge in [-0.3, -0.25) is 0 Å². The maximum atomic E-state index is 5.78. The molecule has 8 aromatic rings. The molecule has 8 rings (SSSR count). The maximum absolute atomic E-state index is 5.78. The Bertz CT molecular complexity index is 2690. The SMILES string of the molecule is CC(C)c1ccc(C(C)C)cc1.CC(C)c1cccc(C(C)C)c1.CCc1c(C)cc(-c2cc(C)c(CC)c(C)c2)cc1C.CCc1ccc(Oc2ccc(CC)cc2)cc1.CCc1ccc2ccc(CC)cc2c1. The van der Waals surface area contributed by atoms with Crippen molar-refractivity contribution in [1.82, 2.24) is 0 Å². The number of rotatable bonds is 13. The largest absolute Gasteiger partial charge is 0.457 e. The Morgan fingerprint density at radius 1 is 0.293 bits per heavy atom. The summed E-state index contributed by atoms with van der Waals surface area (Å²) in [5.41, 5.74) is 22.6. The molecule has 8 aromatic carbocycles. The van der Waals surface area contributed by atoms with Crippen LogP contribution in [0.3, 0.4) is 0 Å². The highest BCUT2D eigenvalue weighted by molar-refractivity contribution is 5.83. The third-order valence-corrected chi connectivity index (χ3v) is 14.6. The smallest absolute Gasteiger partial charge is 0.127 e. The molecule has 75 heavy (non-hydrogen) atoms.